The van der Waals surface area contributed by atoms with Gasteiger partial charge in [-0.15, -0.1) is 0 Å². The summed E-state index contributed by atoms with van der Waals surface area (Å²) in [7, 11) is 2.73. The summed E-state index contributed by atoms with van der Waals surface area (Å²) in [5.74, 6) is -2.13. The number of methoxy groups -OCH3 is 2. The van der Waals surface area contributed by atoms with E-state index < -0.39 is 17.8 Å². The Morgan fingerprint density at radius 3 is 0.701 bits per heavy atom. The normalized spacial score (nSPS) is 21.4. The maximum absolute atomic E-state index is 12.2. The van der Waals surface area contributed by atoms with Crippen molar-refractivity contribution in [3.63, 3.8) is 0 Å². The van der Waals surface area contributed by atoms with E-state index in [1.54, 1.807) is 20.8 Å². The van der Waals surface area contributed by atoms with E-state index in [0.717, 1.165) is 133 Å². The lowest BCUT2D eigenvalue weighted by molar-refractivity contribution is -0.193. The van der Waals surface area contributed by atoms with E-state index in [0.29, 0.717) is 23.7 Å². The minimum absolute atomic E-state index is 0.0647. The Morgan fingerprint density at radius 2 is 0.507 bits per heavy atom. The average molecular weight is 2010 g/mol. The smallest absolute Gasteiger partial charge is 0.373 e. The van der Waals surface area contributed by atoms with Gasteiger partial charge >= 0.3 is 66.2 Å². The quantitative estimate of drug-likeness (QED) is 0.0260. The first-order valence-electron chi connectivity index (χ1n) is 50.2. The van der Waals surface area contributed by atoms with E-state index in [-0.39, 0.29) is 155 Å². The highest BCUT2D eigenvalue weighted by Crippen LogP contribution is 2.48. The van der Waals surface area contributed by atoms with E-state index in [2.05, 4.69) is 249 Å². The number of rotatable bonds is 30. The van der Waals surface area contributed by atoms with Crippen LogP contribution in [0.5, 0.6) is 0 Å². The van der Waals surface area contributed by atoms with Gasteiger partial charge in [0.15, 0.2) is 0 Å². The molecule has 25 nitrogen and oxygen atoms in total. The van der Waals surface area contributed by atoms with Gasteiger partial charge in [0.2, 0.25) is 0 Å². The molecule has 0 radical (unpaired) electrons. The Morgan fingerprint density at radius 1 is 0.312 bits per heavy atom. The molecule has 0 aromatic heterocycles. The van der Waals surface area contributed by atoms with Gasteiger partial charge in [0.05, 0.1) is 50.3 Å². The van der Waals surface area contributed by atoms with Crippen LogP contribution in [0.2, 0.25) is 0 Å². The topological polar surface area (TPSA) is 374 Å². The molecule has 0 saturated heterocycles. The van der Waals surface area contributed by atoms with Gasteiger partial charge in [0.25, 0.3) is 0 Å². The van der Waals surface area contributed by atoms with Crippen molar-refractivity contribution in [3.8, 4) is 0 Å². The Labute approximate surface area is 863 Å². The molecule has 0 heterocycles. The molecule has 9 atom stereocenters. The van der Waals surface area contributed by atoms with Crippen molar-refractivity contribution in [2.24, 2.45) is 73.9 Å². The number of esters is 8. The maximum atomic E-state index is 12.2. The molecule has 3 N–H and O–H groups in total. The molecule has 0 saturated carbocycles. The Bertz CT molecular complexity index is 4510. The van der Waals surface area contributed by atoms with Gasteiger partial charge in [-0.2, -0.15) is 28.8 Å². The molecular weight excluding hydrogens is 1830 g/mol. The first-order chi connectivity index (χ1) is 66.5. The fourth-order valence-electron chi connectivity index (χ4n) is 16.6. The summed E-state index contributed by atoms with van der Waals surface area (Å²) < 4.78 is 41.0. The molecule has 806 valence electrons. The molecule has 0 aromatic rings. The van der Waals surface area contributed by atoms with E-state index in [4.69, 9.17) is 57.2 Å². The maximum Gasteiger partial charge on any atom is 0.373 e. The van der Waals surface area contributed by atoms with Crippen molar-refractivity contribution in [2.45, 2.75) is 363 Å². The summed E-state index contributed by atoms with van der Waals surface area (Å²) in [4.78, 5) is 140. The van der Waals surface area contributed by atoms with Crippen molar-refractivity contribution >= 4 is 66.2 Å². The molecule has 6 unspecified atom stereocenters. The summed E-state index contributed by atoms with van der Waals surface area (Å²) in [5, 5.41) is 30.0. The molecule has 0 spiro atoms. The molecule has 0 bridgehead atoms. The predicted octanol–water partition coefficient (Wildman–Crippen LogP) is 24.6. The summed E-state index contributed by atoms with van der Waals surface area (Å²) >= 11 is 0. The zero-order valence-corrected chi connectivity index (χ0v) is 94.5. The third-order valence-electron chi connectivity index (χ3n) is 25.8. The van der Waals surface area contributed by atoms with Gasteiger partial charge in [0.1, 0.15) is 38.1 Å². The van der Waals surface area contributed by atoms with Crippen molar-refractivity contribution in [2.75, 3.05) is 34.0 Å². The Balaban J connectivity index is -0.00000163. The highest BCUT2D eigenvalue weighted by Gasteiger charge is 2.40. The highest BCUT2D eigenvalue weighted by atomic mass is 16.6. The minimum Gasteiger partial charge on any atom is -0.466 e. The van der Waals surface area contributed by atoms with Gasteiger partial charge in [0, 0.05) is 32.9 Å². The molecular formula is C119H180O25. The first-order valence-corrected chi connectivity index (χ1v) is 50.2. The van der Waals surface area contributed by atoms with Gasteiger partial charge < -0.3 is 53.2 Å². The van der Waals surface area contributed by atoms with Crippen molar-refractivity contribution in [1.82, 2.24) is 0 Å². The number of ether oxygens (including phenoxy) is 8. The van der Waals surface area contributed by atoms with Crippen LogP contribution in [0, 0.1) is 73.9 Å². The molecule has 144 heavy (non-hydrogen) atoms. The number of hydrogen-bond acceptors (Lipinski definition) is 25. The first kappa shape index (κ1) is 137. The second kappa shape index (κ2) is 68.5. The number of aliphatic hydroxyl groups is 3. The van der Waals surface area contributed by atoms with Crippen molar-refractivity contribution in [1.29, 1.82) is 0 Å². The van der Waals surface area contributed by atoms with E-state index in [1.807, 2.05) is 78.0 Å². The van der Waals surface area contributed by atoms with Crippen molar-refractivity contribution in [3.05, 3.63) is 211 Å². The summed E-state index contributed by atoms with van der Waals surface area (Å²) in [6, 6.07) is 0. The Hall–Kier alpha value is -10.9. The van der Waals surface area contributed by atoms with Crippen LogP contribution in [-0.2, 0) is 105 Å². The van der Waals surface area contributed by atoms with Gasteiger partial charge in [-0.05, 0) is 301 Å². The predicted molar refractivity (Wildman–Crippen MR) is 566 cm³/mol. The van der Waals surface area contributed by atoms with Crippen molar-refractivity contribution < 1.29 is 120 Å². The minimum atomic E-state index is -0.453. The second-order valence-electron chi connectivity index (χ2n) is 43.2. The largest absolute Gasteiger partial charge is 0.466 e. The van der Waals surface area contributed by atoms with Crippen LogP contribution in [0.15, 0.2) is 211 Å². The lowest BCUT2D eigenvalue weighted by Gasteiger charge is -2.37. The van der Waals surface area contributed by atoms with E-state index in [1.165, 1.54) is 80.6 Å². The van der Waals surface area contributed by atoms with Crippen LogP contribution in [0.4, 0.5) is 0 Å². The molecule has 6 aliphatic rings. The zero-order chi connectivity index (χ0) is 112. The molecule has 6 aliphatic carbocycles. The standard InChI is InChI=1S/2C21H30O3.3C20H32O4.C14H24O.3CO2/c2*1-15(8-7-9-16(2)14-20(23)24-6)10-11-18-17(3)19(22)12-13-21(18,4)5;3*1-13(2)8-9-17-15(4)18(10-11-20(17,6)7)24-19(22)14(3)12-23-16(5)21;1-10(2)6-7-12-11(3)13(15)8-9-14(12,4)5;3*2-1-3/h2*7-11,14,19,22H,12-13H2,1-6H3;3*8-9,13-14,18H,10-12H2,1-7H3;6-7,10,13,15H,8-9H2,1-5H3;;;/b2*9-7+,11-10+,15-8+,16-14+;3*9-8+;7-6+;;;/t19-;;2*14?,18-;;;;;/m0.10...../s1. The number of aliphatic hydroxyl groups excluding tert-OH is 3. The molecule has 6 rings (SSSR count). The van der Waals surface area contributed by atoms with Crippen LogP contribution in [0.3, 0.4) is 0 Å². The second-order valence-corrected chi connectivity index (χ2v) is 43.2. The number of carbonyl (C=O) groups is 8. The summed E-state index contributed by atoms with van der Waals surface area (Å²) in [6.45, 7) is 73.5. The van der Waals surface area contributed by atoms with Gasteiger partial charge in [-0.3, -0.25) is 28.8 Å². The fraction of sp³-hybridized carbons (Fsp3) is 0.605. The average Bonchev–Trinajstić information content (AvgIpc) is 0.792. The summed E-state index contributed by atoms with van der Waals surface area (Å²) in [5.41, 5.74) is 18.8. The molecule has 0 aliphatic heterocycles. The summed E-state index contributed by atoms with van der Waals surface area (Å²) in [6.07, 6.45) is 50.7. The van der Waals surface area contributed by atoms with Gasteiger partial charge in [-0.1, -0.05) is 259 Å². The third kappa shape index (κ3) is 54.3. The van der Waals surface area contributed by atoms with Crippen LogP contribution >= 0.6 is 0 Å². The number of allylic oxidation sites excluding steroid dienone is 28. The van der Waals surface area contributed by atoms with Crippen LogP contribution in [-0.4, -0.2) is 152 Å². The van der Waals surface area contributed by atoms with Crippen LogP contribution < -0.4 is 0 Å². The molecule has 0 amide bonds. The zero-order valence-electron chi connectivity index (χ0n) is 94.5. The van der Waals surface area contributed by atoms with E-state index in [9.17, 15) is 53.7 Å². The van der Waals surface area contributed by atoms with E-state index >= 15 is 0 Å². The third-order valence-corrected chi connectivity index (χ3v) is 25.8. The molecule has 25 heteroatoms. The molecule has 0 aromatic carbocycles. The lowest BCUT2D eigenvalue weighted by atomic mass is 9.71. The number of hydrogen-bond donors (Lipinski definition) is 3. The Kier molecular flexibility index (Phi) is 65.2. The SMILES string of the molecule is CC(=O)OCC(C)C(=O)OC1CCC(C)(C)C(/C=C/C(C)C)=C1C.CC(=O)OCC(C)C(=O)O[C@@H]1CCC(C)(C)C(/C=C/C(C)C)=C1C.CC(=O)OCC(C)C(=O)O[C@H]1CCC(C)(C)C(/C=C/C(C)C)=C1C.CC1=C(/C=C/C(C)C)C(C)(C)CCC1O.COC(=O)/C=C(C)/C=C/C=C(C)/C=C/C1=C(C)C(O)CCC1(C)C.COC(=O)/C=C(C)/C=C/C=C(C)/C=C/C1=C(C)[C@@H](O)CCC1(C)C.O=C=O.O=C=O.O=C=O. The van der Waals surface area contributed by atoms with Gasteiger partial charge in [-0.25, -0.2) is 9.59 Å². The van der Waals surface area contributed by atoms with Crippen LogP contribution in [0.1, 0.15) is 326 Å². The lowest BCUT2D eigenvalue weighted by Crippen LogP contribution is -2.33. The monoisotopic (exact) mass is 2010 g/mol. The molecule has 0 fully saturated rings. The number of carbonyl (C=O) groups excluding carboxylic acids is 14. The van der Waals surface area contributed by atoms with Crippen LogP contribution in [0.25, 0.3) is 0 Å². The fourth-order valence-corrected chi connectivity index (χ4v) is 16.6. The highest BCUT2D eigenvalue weighted by molar-refractivity contribution is 5.83.